The summed E-state index contributed by atoms with van der Waals surface area (Å²) in [6.45, 7) is 2.04. The van der Waals surface area contributed by atoms with E-state index < -0.39 is 0 Å². The van der Waals surface area contributed by atoms with Crippen molar-refractivity contribution in [2.24, 2.45) is 13.0 Å². The molecule has 2 aromatic rings. The Morgan fingerprint density at radius 2 is 2.10 bits per heavy atom. The minimum atomic E-state index is 0.614. The summed E-state index contributed by atoms with van der Waals surface area (Å²) in [6, 6.07) is 5.88. The number of hydrogen-bond donors (Lipinski definition) is 0. The van der Waals surface area contributed by atoms with E-state index in [1.807, 2.05) is 24.5 Å². The van der Waals surface area contributed by atoms with Crippen molar-refractivity contribution in [3.63, 3.8) is 0 Å². The fourth-order valence-corrected chi connectivity index (χ4v) is 2.86. The van der Waals surface area contributed by atoms with E-state index in [0.717, 1.165) is 38.2 Å². The molecule has 0 saturated carbocycles. The molecule has 0 spiro atoms. The van der Waals surface area contributed by atoms with E-state index in [1.165, 1.54) is 5.82 Å². The molecule has 21 heavy (non-hydrogen) atoms. The Morgan fingerprint density at radius 1 is 1.29 bits per heavy atom. The van der Waals surface area contributed by atoms with Crippen LogP contribution >= 0.6 is 0 Å². The van der Waals surface area contributed by atoms with Crippen LogP contribution in [-0.4, -0.2) is 27.6 Å². The average Bonchev–Trinajstić information content (AvgIpc) is 2.93. The summed E-state index contributed by atoms with van der Waals surface area (Å²) in [6.07, 6.45) is 8.90. The highest BCUT2D eigenvalue weighted by atomic mass is 15.2. The van der Waals surface area contributed by atoms with Crippen LogP contribution in [0.4, 0.5) is 5.82 Å². The van der Waals surface area contributed by atoms with Gasteiger partial charge in [-0.25, -0.2) is 9.97 Å². The molecular formula is C16H19N5. The number of aryl methyl sites for hydroxylation is 1. The van der Waals surface area contributed by atoms with Gasteiger partial charge in [-0.1, -0.05) is 0 Å². The van der Waals surface area contributed by atoms with Crippen molar-refractivity contribution in [1.82, 2.24) is 14.5 Å². The van der Waals surface area contributed by atoms with Gasteiger partial charge in [0.25, 0.3) is 0 Å². The van der Waals surface area contributed by atoms with E-state index in [2.05, 4.69) is 32.6 Å². The van der Waals surface area contributed by atoms with Crippen LogP contribution in [0.25, 0.3) is 0 Å². The van der Waals surface area contributed by atoms with E-state index in [-0.39, 0.29) is 0 Å². The molecule has 0 aliphatic carbocycles. The number of rotatable bonds is 3. The van der Waals surface area contributed by atoms with Gasteiger partial charge in [0.15, 0.2) is 0 Å². The van der Waals surface area contributed by atoms with Gasteiger partial charge in [-0.15, -0.1) is 0 Å². The molecule has 0 N–H and O–H groups in total. The monoisotopic (exact) mass is 281 g/mol. The number of imidazole rings is 1. The second-order valence-corrected chi connectivity index (χ2v) is 5.61. The molecule has 0 amide bonds. The molecule has 0 aromatic carbocycles. The van der Waals surface area contributed by atoms with Crippen LogP contribution in [0.1, 0.15) is 24.2 Å². The largest absolute Gasteiger partial charge is 0.357 e. The SMILES string of the molecule is Cn1ccnc1CC1CCN(c2ccc(C#N)cn2)CC1. The third kappa shape index (κ3) is 3.05. The maximum atomic E-state index is 8.81. The van der Waals surface area contributed by atoms with Crippen LogP contribution in [0.5, 0.6) is 0 Å². The molecule has 0 radical (unpaired) electrons. The Balaban J connectivity index is 1.57. The number of anilines is 1. The molecule has 1 saturated heterocycles. The quantitative estimate of drug-likeness (QED) is 0.865. The lowest BCUT2D eigenvalue weighted by Gasteiger charge is -2.32. The predicted molar refractivity (Wildman–Crippen MR) is 80.8 cm³/mol. The Bertz CT molecular complexity index is 629. The summed E-state index contributed by atoms with van der Waals surface area (Å²) in [4.78, 5) is 11.1. The maximum Gasteiger partial charge on any atom is 0.128 e. The van der Waals surface area contributed by atoms with E-state index in [0.29, 0.717) is 11.5 Å². The number of aromatic nitrogens is 3. The van der Waals surface area contributed by atoms with Crippen molar-refractivity contribution in [1.29, 1.82) is 5.26 Å². The number of nitrogens with zero attached hydrogens (tertiary/aromatic N) is 5. The molecule has 0 bridgehead atoms. The Hall–Kier alpha value is -2.35. The summed E-state index contributed by atoms with van der Waals surface area (Å²) in [5.74, 6) is 2.84. The second-order valence-electron chi connectivity index (χ2n) is 5.61. The Kier molecular flexibility index (Phi) is 3.87. The normalized spacial score (nSPS) is 15.9. The molecule has 0 atom stereocenters. The number of piperidine rings is 1. The van der Waals surface area contributed by atoms with Gasteiger partial charge < -0.3 is 9.47 Å². The highest BCUT2D eigenvalue weighted by molar-refractivity contribution is 5.42. The summed E-state index contributed by atoms with van der Waals surface area (Å²) in [5.41, 5.74) is 0.614. The molecule has 108 valence electrons. The summed E-state index contributed by atoms with van der Waals surface area (Å²) in [5, 5.41) is 8.81. The van der Waals surface area contributed by atoms with Gasteiger partial charge in [0.05, 0.1) is 5.56 Å². The number of pyridine rings is 1. The maximum absolute atomic E-state index is 8.81. The van der Waals surface area contributed by atoms with E-state index in [9.17, 15) is 0 Å². The zero-order valence-corrected chi connectivity index (χ0v) is 12.2. The molecule has 2 aromatic heterocycles. The molecule has 1 fully saturated rings. The van der Waals surface area contributed by atoms with E-state index in [4.69, 9.17) is 5.26 Å². The number of hydrogen-bond acceptors (Lipinski definition) is 4. The molecular weight excluding hydrogens is 262 g/mol. The molecule has 3 heterocycles. The molecule has 5 heteroatoms. The topological polar surface area (TPSA) is 57.7 Å². The summed E-state index contributed by atoms with van der Waals surface area (Å²) >= 11 is 0. The molecule has 1 aliphatic rings. The molecule has 5 nitrogen and oxygen atoms in total. The fourth-order valence-electron chi connectivity index (χ4n) is 2.86. The van der Waals surface area contributed by atoms with Crippen molar-refractivity contribution in [3.8, 4) is 6.07 Å². The van der Waals surface area contributed by atoms with E-state index >= 15 is 0 Å². The minimum Gasteiger partial charge on any atom is -0.357 e. The lowest BCUT2D eigenvalue weighted by atomic mass is 9.93. The van der Waals surface area contributed by atoms with Crippen LogP contribution in [0, 0.1) is 17.2 Å². The highest BCUT2D eigenvalue weighted by Crippen LogP contribution is 2.24. The highest BCUT2D eigenvalue weighted by Gasteiger charge is 2.21. The standard InChI is InChI=1S/C16H19N5/c1-20-9-6-18-16(20)10-13-4-7-21(8-5-13)15-3-2-14(11-17)12-19-15/h2-3,6,9,12-13H,4-5,7-8,10H2,1H3. The lowest BCUT2D eigenvalue weighted by molar-refractivity contribution is 0.392. The van der Waals surface area contributed by atoms with Gasteiger partial charge in [-0.2, -0.15) is 5.26 Å². The average molecular weight is 281 g/mol. The zero-order valence-electron chi connectivity index (χ0n) is 12.2. The Morgan fingerprint density at radius 3 is 2.67 bits per heavy atom. The predicted octanol–water partition coefficient (Wildman–Crippen LogP) is 2.15. The van der Waals surface area contributed by atoms with Gasteiger partial charge >= 0.3 is 0 Å². The lowest BCUT2D eigenvalue weighted by Crippen LogP contribution is -2.35. The van der Waals surface area contributed by atoms with Gasteiger partial charge in [-0.05, 0) is 30.9 Å². The zero-order chi connectivity index (χ0) is 14.7. The summed E-state index contributed by atoms with van der Waals surface area (Å²) in [7, 11) is 2.05. The summed E-state index contributed by atoms with van der Waals surface area (Å²) < 4.78 is 2.11. The van der Waals surface area contributed by atoms with Crippen LogP contribution in [0.15, 0.2) is 30.7 Å². The first-order chi connectivity index (χ1) is 10.3. The minimum absolute atomic E-state index is 0.614. The van der Waals surface area contributed by atoms with Crippen LogP contribution in [0.3, 0.4) is 0 Å². The van der Waals surface area contributed by atoms with Crippen molar-refractivity contribution in [2.45, 2.75) is 19.3 Å². The fraction of sp³-hybridized carbons (Fsp3) is 0.438. The van der Waals surface area contributed by atoms with Gasteiger partial charge in [-0.3, -0.25) is 0 Å². The Labute approximate surface area is 124 Å². The smallest absolute Gasteiger partial charge is 0.128 e. The van der Waals surface area contributed by atoms with Crippen molar-refractivity contribution in [3.05, 3.63) is 42.1 Å². The molecule has 3 rings (SSSR count). The van der Waals surface area contributed by atoms with E-state index in [1.54, 1.807) is 6.20 Å². The molecule has 0 unspecified atom stereocenters. The third-order valence-electron chi connectivity index (χ3n) is 4.21. The van der Waals surface area contributed by atoms with Gasteiger partial charge in [0.1, 0.15) is 17.7 Å². The van der Waals surface area contributed by atoms with Crippen molar-refractivity contribution >= 4 is 5.82 Å². The molecule has 1 aliphatic heterocycles. The second kappa shape index (κ2) is 5.96. The number of nitriles is 1. The van der Waals surface area contributed by atoms with Gasteiger partial charge in [0.2, 0.25) is 0 Å². The van der Waals surface area contributed by atoms with Crippen LogP contribution in [-0.2, 0) is 13.5 Å². The first kappa shape index (κ1) is 13.6. The third-order valence-corrected chi connectivity index (χ3v) is 4.21. The van der Waals surface area contributed by atoms with Crippen molar-refractivity contribution < 1.29 is 0 Å². The first-order valence-electron chi connectivity index (χ1n) is 7.33. The van der Waals surface area contributed by atoms with Crippen LogP contribution in [0.2, 0.25) is 0 Å². The van der Waals surface area contributed by atoms with Gasteiger partial charge in [0, 0.05) is 45.1 Å². The first-order valence-corrected chi connectivity index (χ1v) is 7.33. The van der Waals surface area contributed by atoms with Crippen LogP contribution < -0.4 is 4.90 Å². The van der Waals surface area contributed by atoms with Crippen molar-refractivity contribution in [2.75, 3.05) is 18.0 Å².